The minimum absolute atomic E-state index is 0.195. The Bertz CT molecular complexity index is 680. The molecular formula is C27H43NO2. The molecule has 0 N–H and O–H groups in total. The topological polar surface area (TPSA) is 29.5 Å². The van der Waals surface area contributed by atoms with Gasteiger partial charge in [0, 0.05) is 30.0 Å². The van der Waals surface area contributed by atoms with E-state index < -0.39 is 0 Å². The lowest BCUT2D eigenvalue weighted by atomic mass is 9.71. The molecule has 3 heteroatoms. The SMILES string of the molecule is CCCOC1CCC(C(=O)Cc2ccc(C3CC(C)(C)N(C)C(C)(C)C3)cc2)CC1. The van der Waals surface area contributed by atoms with Crippen LogP contribution in [0, 0.1) is 5.92 Å². The van der Waals surface area contributed by atoms with Crippen LogP contribution in [0.2, 0.25) is 0 Å². The zero-order valence-corrected chi connectivity index (χ0v) is 20.2. The van der Waals surface area contributed by atoms with Crippen LogP contribution < -0.4 is 0 Å². The molecular weight excluding hydrogens is 370 g/mol. The summed E-state index contributed by atoms with van der Waals surface area (Å²) >= 11 is 0. The molecule has 1 heterocycles. The highest BCUT2D eigenvalue weighted by Gasteiger charge is 2.43. The van der Waals surface area contributed by atoms with Crippen LogP contribution in [0.25, 0.3) is 0 Å². The van der Waals surface area contributed by atoms with Gasteiger partial charge in [-0.25, -0.2) is 0 Å². The van der Waals surface area contributed by atoms with Gasteiger partial charge in [0.2, 0.25) is 0 Å². The third kappa shape index (κ3) is 5.53. The van der Waals surface area contributed by atoms with Crippen LogP contribution in [0.4, 0.5) is 0 Å². The molecule has 1 aromatic carbocycles. The molecule has 0 unspecified atom stereocenters. The zero-order chi connectivity index (χ0) is 21.9. The number of carbonyl (C=O) groups excluding carboxylic acids is 1. The fourth-order valence-corrected chi connectivity index (χ4v) is 5.70. The minimum atomic E-state index is 0.195. The van der Waals surface area contributed by atoms with E-state index in [1.807, 2.05) is 0 Å². The maximum atomic E-state index is 12.8. The predicted molar refractivity (Wildman–Crippen MR) is 125 cm³/mol. The molecule has 2 aliphatic rings. The van der Waals surface area contributed by atoms with Gasteiger partial charge in [-0.2, -0.15) is 0 Å². The first-order chi connectivity index (χ1) is 14.1. The Morgan fingerprint density at radius 2 is 1.57 bits per heavy atom. The van der Waals surface area contributed by atoms with Gasteiger partial charge in [-0.15, -0.1) is 0 Å². The summed E-state index contributed by atoms with van der Waals surface area (Å²) in [4.78, 5) is 15.4. The molecule has 0 radical (unpaired) electrons. The average molecular weight is 414 g/mol. The van der Waals surface area contributed by atoms with Gasteiger partial charge in [-0.1, -0.05) is 31.2 Å². The van der Waals surface area contributed by atoms with Gasteiger partial charge in [0.25, 0.3) is 0 Å². The fourth-order valence-electron chi connectivity index (χ4n) is 5.70. The summed E-state index contributed by atoms with van der Waals surface area (Å²) < 4.78 is 5.87. The molecule has 30 heavy (non-hydrogen) atoms. The molecule has 1 saturated carbocycles. The summed E-state index contributed by atoms with van der Waals surface area (Å²) in [6, 6.07) is 8.95. The summed E-state index contributed by atoms with van der Waals surface area (Å²) in [5, 5.41) is 0. The molecule has 0 atom stereocenters. The van der Waals surface area contributed by atoms with E-state index in [0.717, 1.165) is 38.7 Å². The molecule has 1 aliphatic carbocycles. The van der Waals surface area contributed by atoms with Crippen molar-refractivity contribution in [1.29, 1.82) is 0 Å². The third-order valence-electron chi connectivity index (χ3n) is 7.82. The lowest BCUT2D eigenvalue weighted by Crippen LogP contribution is -2.58. The Morgan fingerprint density at radius 1 is 1.00 bits per heavy atom. The highest BCUT2D eigenvalue weighted by molar-refractivity contribution is 5.83. The Labute approximate surface area is 184 Å². The molecule has 0 aromatic heterocycles. The molecule has 1 saturated heterocycles. The largest absolute Gasteiger partial charge is 0.378 e. The van der Waals surface area contributed by atoms with Gasteiger partial charge in [0.15, 0.2) is 0 Å². The van der Waals surface area contributed by atoms with Crippen molar-refractivity contribution in [2.24, 2.45) is 5.92 Å². The van der Waals surface area contributed by atoms with E-state index in [1.54, 1.807) is 0 Å². The van der Waals surface area contributed by atoms with E-state index in [-0.39, 0.29) is 17.0 Å². The van der Waals surface area contributed by atoms with Crippen LogP contribution in [-0.2, 0) is 16.0 Å². The summed E-state index contributed by atoms with van der Waals surface area (Å²) in [6.07, 6.45) is 8.43. The smallest absolute Gasteiger partial charge is 0.140 e. The van der Waals surface area contributed by atoms with Crippen molar-refractivity contribution in [2.75, 3.05) is 13.7 Å². The lowest BCUT2D eigenvalue weighted by molar-refractivity contribution is -0.124. The van der Waals surface area contributed by atoms with Crippen molar-refractivity contribution in [2.45, 2.75) is 109 Å². The molecule has 1 aliphatic heterocycles. The number of nitrogens with zero attached hydrogens (tertiary/aromatic N) is 1. The predicted octanol–water partition coefficient (Wildman–Crippen LogP) is 6.15. The molecule has 1 aromatic rings. The van der Waals surface area contributed by atoms with Crippen LogP contribution in [0.15, 0.2) is 24.3 Å². The number of rotatable bonds is 7. The number of carbonyl (C=O) groups is 1. The van der Waals surface area contributed by atoms with Crippen LogP contribution in [0.3, 0.4) is 0 Å². The molecule has 168 valence electrons. The van der Waals surface area contributed by atoms with Gasteiger partial charge in [-0.05, 0) is 96.7 Å². The number of ketones is 1. The third-order valence-corrected chi connectivity index (χ3v) is 7.82. The number of likely N-dealkylation sites (tertiary alicyclic amines) is 1. The highest BCUT2D eigenvalue weighted by atomic mass is 16.5. The molecule has 3 nitrogen and oxygen atoms in total. The number of hydrogen-bond donors (Lipinski definition) is 0. The van der Waals surface area contributed by atoms with Gasteiger partial charge in [0.05, 0.1) is 6.10 Å². The maximum absolute atomic E-state index is 12.8. The summed E-state index contributed by atoms with van der Waals surface area (Å²) in [7, 11) is 2.26. The van der Waals surface area contributed by atoms with Crippen molar-refractivity contribution >= 4 is 5.78 Å². The molecule has 0 bridgehead atoms. The van der Waals surface area contributed by atoms with Crippen molar-refractivity contribution in [3.63, 3.8) is 0 Å². The zero-order valence-electron chi connectivity index (χ0n) is 20.2. The molecule has 3 rings (SSSR count). The Morgan fingerprint density at radius 3 is 2.10 bits per heavy atom. The van der Waals surface area contributed by atoms with E-state index in [0.29, 0.717) is 24.2 Å². The van der Waals surface area contributed by atoms with E-state index in [2.05, 4.69) is 70.8 Å². The van der Waals surface area contributed by atoms with E-state index in [9.17, 15) is 4.79 Å². The van der Waals surface area contributed by atoms with Crippen molar-refractivity contribution in [1.82, 2.24) is 4.90 Å². The number of ether oxygens (including phenoxy) is 1. The monoisotopic (exact) mass is 413 g/mol. The first-order valence-corrected chi connectivity index (χ1v) is 12.1. The van der Waals surface area contributed by atoms with Gasteiger partial charge >= 0.3 is 0 Å². The van der Waals surface area contributed by atoms with Gasteiger partial charge < -0.3 is 4.74 Å². The van der Waals surface area contributed by atoms with Gasteiger partial charge in [-0.3, -0.25) is 9.69 Å². The quantitative estimate of drug-likeness (QED) is 0.537. The van der Waals surface area contributed by atoms with Crippen LogP contribution >= 0.6 is 0 Å². The van der Waals surface area contributed by atoms with E-state index >= 15 is 0 Å². The molecule has 0 spiro atoms. The second-order valence-electron chi connectivity index (χ2n) is 11.0. The van der Waals surface area contributed by atoms with Crippen LogP contribution in [0.5, 0.6) is 0 Å². The Hall–Kier alpha value is -1.19. The maximum Gasteiger partial charge on any atom is 0.140 e. The number of Topliss-reactive ketones (excluding diaryl/α,β-unsaturated/α-hetero) is 1. The average Bonchev–Trinajstić information content (AvgIpc) is 2.71. The van der Waals surface area contributed by atoms with Gasteiger partial charge in [0.1, 0.15) is 5.78 Å². The molecule has 0 amide bonds. The Kier molecular flexibility index (Phi) is 7.45. The van der Waals surface area contributed by atoms with Crippen LogP contribution in [-0.4, -0.2) is 41.5 Å². The van der Waals surface area contributed by atoms with Crippen LogP contribution in [0.1, 0.15) is 96.6 Å². The first-order valence-electron chi connectivity index (χ1n) is 12.1. The Balaban J connectivity index is 1.55. The van der Waals surface area contributed by atoms with Crippen molar-refractivity contribution in [3.8, 4) is 0 Å². The number of piperidine rings is 1. The van der Waals surface area contributed by atoms with Crippen molar-refractivity contribution in [3.05, 3.63) is 35.4 Å². The second kappa shape index (κ2) is 9.53. The summed E-state index contributed by atoms with van der Waals surface area (Å²) in [5.41, 5.74) is 2.98. The van der Waals surface area contributed by atoms with Crippen molar-refractivity contribution < 1.29 is 9.53 Å². The lowest BCUT2D eigenvalue weighted by Gasteiger charge is -2.54. The first kappa shape index (κ1) is 23.5. The van der Waals surface area contributed by atoms with E-state index in [1.165, 1.54) is 24.0 Å². The number of benzene rings is 1. The number of hydrogen-bond acceptors (Lipinski definition) is 3. The normalized spacial score (nSPS) is 27.1. The molecule has 2 fully saturated rings. The summed E-state index contributed by atoms with van der Waals surface area (Å²) in [5.74, 6) is 1.22. The summed E-state index contributed by atoms with van der Waals surface area (Å²) in [6.45, 7) is 12.4. The second-order valence-corrected chi connectivity index (χ2v) is 11.0. The fraction of sp³-hybridized carbons (Fsp3) is 0.741. The van der Waals surface area contributed by atoms with E-state index in [4.69, 9.17) is 4.74 Å². The minimum Gasteiger partial charge on any atom is -0.378 e. The standard InChI is InChI=1S/C27H43NO2/c1-7-16-30-24-14-12-22(13-15-24)25(29)17-20-8-10-21(11-9-20)23-18-26(2,3)28(6)27(4,5)19-23/h8-11,22-24H,7,12-19H2,1-6H3. The highest BCUT2D eigenvalue weighted by Crippen LogP contribution is 2.44.